The summed E-state index contributed by atoms with van der Waals surface area (Å²) in [6.45, 7) is 1.50. The van der Waals surface area contributed by atoms with E-state index in [0.717, 1.165) is 25.8 Å². The smallest absolute Gasteiger partial charge is 0.225 e. The molecule has 0 spiro atoms. The van der Waals surface area contributed by atoms with Crippen LogP contribution in [-0.2, 0) is 9.63 Å². The van der Waals surface area contributed by atoms with Crippen molar-refractivity contribution in [3.05, 3.63) is 0 Å². The molecule has 1 saturated heterocycles. The Morgan fingerprint density at radius 1 is 1.20 bits per heavy atom. The van der Waals surface area contributed by atoms with Crippen molar-refractivity contribution in [1.82, 2.24) is 4.90 Å². The first-order valence-electron chi connectivity index (χ1n) is 5.95. The first-order valence-corrected chi connectivity index (χ1v) is 5.95. The molecule has 2 fully saturated rings. The molecule has 15 heavy (non-hydrogen) atoms. The first kappa shape index (κ1) is 10.9. The minimum atomic E-state index is 0.0533. The monoisotopic (exact) mass is 212 g/mol. The number of rotatable bonds is 2. The first-order chi connectivity index (χ1) is 7.31. The van der Waals surface area contributed by atoms with Gasteiger partial charge in [0.25, 0.3) is 0 Å². The van der Waals surface area contributed by atoms with E-state index in [1.54, 1.807) is 0 Å². The van der Waals surface area contributed by atoms with Crippen LogP contribution >= 0.6 is 0 Å². The Bertz CT molecular complexity index is 227. The third-order valence-electron chi connectivity index (χ3n) is 3.60. The van der Waals surface area contributed by atoms with E-state index in [4.69, 9.17) is 10.7 Å². The Morgan fingerprint density at radius 3 is 2.53 bits per heavy atom. The lowest BCUT2D eigenvalue weighted by atomic mass is 9.88. The number of carbonyl (C=O) groups excluding carboxylic acids is 1. The third kappa shape index (κ3) is 2.49. The van der Waals surface area contributed by atoms with Gasteiger partial charge in [0.1, 0.15) is 0 Å². The lowest BCUT2D eigenvalue weighted by Crippen LogP contribution is -2.36. The van der Waals surface area contributed by atoms with Crippen LogP contribution in [0.1, 0.15) is 38.5 Å². The maximum Gasteiger partial charge on any atom is 0.225 e. The van der Waals surface area contributed by atoms with Crippen LogP contribution in [0.15, 0.2) is 0 Å². The molecular weight excluding hydrogens is 192 g/mol. The molecule has 4 nitrogen and oxygen atoms in total. The van der Waals surface area contributed by atoms with Gasteiger partial charge in [-0.2, -0.15) is 0 Å². The molecule has 1 saturated carbocycles. The summed E-state index contributed by atoms with van der Waals surface area (Å²) in [4.78, 5) is 18.8. The van der Waals surface area contributed by atoms with Gasteiger partial charge >= 0.3 is 0 Å². The molecule has 1 aliphatic heterocycles. The molecule has 0 aromatic heterocycles. The predicted molar refractivity (Wildman–Crippen MR) is 56.8 cm³/mol. The van der Waals surface area contributed by atoms with Crippen LogP contribution in [0, 0.1) is 5.92 Å². The fourth-order valence-electron chi connectivity index (χ4n) is 2.65. The van der Waals surface area contributed by atoms with Gasteiger partial charge < -0.3 is 4.90 Å². The summed E-state index contributed by atoms with van der Waals surface area (Å²) in [6, 6.07) is 0. The Hall–Kier alpha value is -0.610. The van der Waals surface area contributed by atoms with E-state index < -0.39 is 0 Å². The molecule has 4 heteroatoms. The van der Waals surface area contributed by atoms with Crippen molar-refractivity contribution in [3.63, 3.8) is 0 Å². The summed E-state index contributed by atoms with van der Waals surface area (Å²) in [6.07, 6.45) is 6.79. The van der Waals surface area contributed by atoms with Gasteiger partial charge in [0.15, 0.2) is 0 Å². The van der Waals surface area contributed by atoms with Gasteiger partial charge in [-0.1, -0.05) is 19.3 Å². The zero-order chi connectivity index (χ0) is 10.7. The standard InChI is InChI=1S/C11H20N2O2/c12-15-10-6-7-13(8-10)11(14)9-4-2-1-3-5-9/h9-10H,1-8,12H2. The Labute approximate surface area is 90.7 Å². The van der Waals surface area contributed by atoms with E-state index in [1.165, 1.54) is 19.3 Å². The molecule has 1 atom stereocenters. The van der Waals surface area contributed by atoms with Gasteiger partial charge in [0.2, 0.25) is 5.91 Å². The summed E-state index contributed by atoms with van der Waals surface area (Å²) in [5, 5.41) is 0. The average molecular weight is 212 g/mol. The van der Waals surface area contributed by atoms with E-state index in [2.05, 4.69) is 0 Å². The van der Waals surface area contributed by atoms with Crippen LogP contribution in [0.3, 0.4) is 0 Å². The van der Waals surface area contributed by atoms with Crippen molar-refractivity contribution in [2.24, 2.45) is 11.8 Å². The molecule has 1 unspecified atom stereocenters. The molecule has 1 heterocycles. The van der Waals surface area contributed by atoms with Crippen molar-refractivity contribution in [2.45, 2.75) is 44.6 Å². The highest BCUT2D eigenvalue weighted by Crippen LogP contribution is 2.26. The minimum Gasteiger partial charge on any atom is -0.340 e. The van der Waals surface area contributed by atoms with Crippen LogP contribution in [0.2, 0.25) is 0 Å². The maximum atomic E-state index is 12.1. The highest BCUT2D eigenvalue weighted by molar-refractivity contribution is 5.79. The molecule has 1 aliphatic carbocycles. The predicted octanol–water partition coefficient (Wildman–Crippen LogP) is 1.06. The Balaban J connectivity index is 1.85. The molecule has 1 amide bonds. The fraction of sp³-hybridized carbons (Fsp3) is 0.909. The van der Waals surface area contributed by atoms with Gasteiger partial charge in [-0.25, -0.2) is 5.90 Å². The number of nitrogens with two attached hydrogens (primary N) is 1. The summed E-state index contributed by atoms with van der Waals surface area (Å²) in [5.41, 5.74) is 0. The van der Waals surface area contributed by atoms with Gasteiger partial charge in [-0.05, 0) is 19.3 Å². The second-order valence-corrected chi connectivity index (χ2v) is 4.67. The van der Waals surface area contributed by atoms with Crippen molar-refractivity contribution in [2.75, 3.05) is 13.1 Å². The summed E-state index contributed by atoms with van der Waals surface area (Å²) in [5.74, 6) is 5.74. The molecule has 2 rings (SSSR count). The average Bonchev–Trinajstić information content (AvgIpc) is 2.78. The molecule has 0 aromatic carbocycles. The zero-order valence-corrected chi connectivity index (χ0v) is 9.15. The van der Waals surface area contributed by atoms with Crippen molar-refractivity contribution in [1.29, 1.82) is 0 Å². The molecule has 86 valence electrons. The Kier molecular flexibility index (Phi) is 3.59. The molecular formula is C11H20N2O2. The quantitative estimate of drug-likeness (QED) is 0.696. The van der Waals surface area contributed by atoms with Crippen LogP contribution in [0.5, 0.6) is 0 Å². The van der Waals surface area contributed by atoms with E-state index in [1.807, 2.05) is 4.90 Å². The molecule has 2 aliphatic rings. The number of carbonyl (C=O) groups is 1. The normalized spacial score (nSPS) is 28.3. The molecule has 0 bridgehead atoms. The SMILES string of the molecule is NOC1CCN(C(=O)C2CCCCC2)C1. The zero-order valence-electron chi connectivity index (χ0n) is 9.15. The van der Waals surface area contributed by atoms with Crippen molar-refractivity contribution in [3.8, 4) is 0 Å². The number of amides is 1. The van der Waals surface area contributed by atoms with E-state index in [9.17, 15) is 4.79 Å². The van der Waals surface area contributed by atoms with Crippen molar-refractivity contribution >= 4 is 5.91 Å². The highest BCUT2D eigenvalue weighted by Gasteiger charge is 2.31. The van der Waals surface area contributed by atoms with E-state index in [-0.39, 0.29) is 12.0 Å². The fourth-order valence-corrected chi connectivity index (χ4v) is 2.65. The van der Waals surface area contributed by atoms with Crippen molar-refractivity contribution < 1.29 is 9.63 Å². The lowest BCUT2D eigenvalue weighted by Gasteiger charge is -2.26. The van der Waals surface area contributed by atoms with Crippen LogP contribution in [0.25, 0.3) is 0 Å². The molecule has 0 aromatic rings. The van der Waals surface area contributed by atoms with Gasteiger partial charge in [0, 0.05) is 19.0 Å². The van der Waals surface area contributed by atoms with Gasteiger partial charge in [-0.3, -0.25) is 9.63 Å². The number of hydrogen-bond donors (Lipinski definition) is 1. The lowest BCUT2D eigenvalue weighted by molar-refractivity contribution is -0.136. The largest absolute Gasteiger partial charge is 0.340 e. The molecule has 0 radical (unpaired) electrons. The Morgan fingerprint density at radius 2 is 1.93 bits per heavy atom. The third-order valence-corrected chi connectivity index (χ3v) is 3.60. The minimum absolute atomic E-state index is 0.0533. The van der Waals surface area contributed by atoms with Crippen LogP contribution < -0.4 is 5.90 Å². The summed E-state index contributed by atoms with van der Waals surface area (Å²) < 4.78 is 0. The summed E-state index contributed by atoms with van der Waals surface area (Å²) in [7, 11) is 0. The van der Waals surface area contributed by atoms with Crippen LogP contribution in [0.4, 0.5) is 0 Å². The second kappa shape index (κ2) is 4.94. The van der Waals surface area contributed by atoms with Gasteiger partial charge in [-0.15, -0.1) is 0 Å². The highest BCUT2D eigenvalue weighted by atomic mass is 16.6. The summed E-state index contributed by atoms with van der Waals surface area (Å²) >= 11 is 0. The van der Waals surface area contributed by atoms with Gasteiger partial charge in [0.05, 0.1) is 6.10 Å². The number of nitrogens with zero attached hydrogens (tertiary/aromatic N) is 1. The maximum absolute atomic E-state index is 12.1. The number of likely N-dealkylation sites (tertiary alicyclic amines) is 1. The van der Waals surface area contributed by atoms with E-state index >= 15 is 0 Å². The molecule has 2 N–H and O–H groups in total. The number of hydrogen-bond acceptors (Lipinski definition) is 3. The second-order valence-electron chi connectivity index (χ2n) is 4.67. The van der Waals surface area contributed by atoms with Crippen LogP contribution in [-0.4, -0.2) is 30.0 Å². The van der Waals surface area contributed by atoms with E-state index in [0.29, 0.717) is 12.5 Å². The topological polar surface area (TPSA) is 55.6 Å².